The van der Waals surface area contributed by atoms with Crippen LogP contribution in [0.5, 0.6) is 17.2 Å². The van der Waals surface area contributed by atoms with E-state index in [4.69, 9.17) is 14.2 Å². The lowest BCUT2D eigenvalue weighted by molar-refractivity contribution is 0.102. The molecular formula is C20H18N2O5. The molecule has 27 heavy (non-hydrogen) atoms. The lowest BCUT2D eigenvalue weighted by Gasteiger charge is -2.13. The molecule has 0 spiro atoms. The fourth-order valence-corrected chi connectivity index (χ4v) is 3.10. The number of hydrogen-bond acceptors (Lipinski definition) is 5. The Morgan fingerprint density at radius 3 is 2.78 bits per heavy atom. The number of carbonyl (C=O) groups is 1. The fraction of sp³-hybridized carbons (Fsp3) is 0.200. The Hall–Kier alpha value is -3.48. The Morgan fingerprint density at radius 1 is 1.19 bits per heavy atom. The molecule has 1 aliphatic rings. The topological polar surface area (TPSA) is 78.8 Å². The van der Waals surface area contributed by atoms with Crippen LogP contribution in [-0.2, 0) is 6.54 Å². The van der Waals surface area contributed by atoms with Gasteiger partial charge in [0.05, 0.1) is 18.0 Å². The number of amides is 1. The van der Waals surface area contributed by atoms with Crippen LogP contribution < -0.4 is 25.0 Å². The normalized spacial score (nSPS) is 12.2. The molecule has 7 heteroatoms. The summed E-state index contributed by atoms with van der Waals surface area (Å²) in [7, 11) is 1.54. The highest BCUT2D eigenvalue weighted by atomic mass is 16.7. The van der Waals surface area contributed by atoms with E-state index in [9.17, 15) is 9.59 Å². The number of benzene rings is 2. The number of aromatic nitrogens is 1. The second kappa shape index (κ2) is 6.68. The average molecular weight is 366 g/mol. The Kier molecular flexibility index (Phi) is 4.19. The van der Waals surface area contributed by atoms with Crippen LogP contribution in [0.4, 0.5) is 5.69 Å². The van der Waals surface area contributed by atoms with Crippen LogP contribution in [0, 0.1) is 0 Å². The largest absolute Gasteiger partial charge is 0.497 e. The van der Waals surface area contributed by atoms with Crippen molar-refractivity contribution in [3.05, 3.63) is 58.4 Å². The molecule has 0 bridgehead atoms. The second-order valence-corrected chi connectivity index (χ2v) is 6.06. The quantitative estimate of drug-likeness (QED) is 0.768. The summed E-state index contributed by atoms with van der Waals surface area (Å²) in [6.45, 7) is 2.72. The van der Waals surface area contributed by atoms with Crippen molar-refractivity contribution >= 4 is 22.5 Å². The smallest absolute Gasteiger partial charge is 0.261 e. The minimum absolute atomic E-state index is 0.0651. The van der Waals surface area contributed by atoms with Gasteiger partial charge in [-0.1, -0.05) is 0 Å². The number of nitrogens with zero attached hydrogens (tertiary/aromatic N) is 1. The first-order valence-corrected chi connectivity index (χ1v) is 8.53. The zero-order chi connectivity index (χ0) is 19.0. The molecule has 4 rings (SSSR count). The van der Waals surface area contributed by atoms with Crippen LogP contribution in [0.25, 0.3) is 10.9 Å². The predicted octanol–water partition coefficient (Wildman–Crippen LogP) is 3.01. The van der Waals surface area contributed by atoms with E-state index >= 15 is 0 Å². The molecule has 1 aromatic heterocycles. The van der Waals surface area contributed by atoms with Crippen LogP contribution in [0.3, 0.4) is 0 Å². The Balaban J connectivity index is 1.75. The molecule has 1 aliphatic heterocycles. The zero-order valence-corrected chi connectivity index (χ0v) is 14.9. The molecule has 2 heterocycles. The van der Waals surface area contributed by atoms with Crippen molar-refractivity contribution in [1.29, 1.82) is 0 Å². The molecule has 0 atom stereocenters. The van der Waals surface area contributed by atoms with E-state index in [2.05, 4.69) is 5.32 Å². The Bertz CT molecular complexity index is 1100. The molecule has 1 amide bonds. The summed E-state index contributed by atoms with van der Waals surface area (Å²) in [5.74, 6) is 1.27. The first-order chi connectivity index (χ1) is 13.1. The van der Waals surface area contributed by atoms with Crippen molar-refractivity contribution in [2.24, 2.45) is 0 Å². The van der Waals surface area contributed by atoms with Gasteiger partial charge in [-0.15, -0.1) is 0 Å². The van der Waals surface area contributed by atoms with Gasteiger partial charge in [-0.2, -0.15) is 0 Å². The summed E-state index contributed by atoms with van der Waals surface area (Å²) >= 11 is 0. The summed E-state index contributed by atoms with van der Waals surface area (Å²) in [5.41, 5.74) is 1.00. The van der Waals surface area contributed by atoms with Gasteiger partial charge in [0, 0.05) is 24.5 Å². The van der Waals surface area contributed by atoms with Gasteiger partial charge in [0.25, 0.3) is 5.91 Å². The first-order valence-electron chi connectivity index (χ1n) is 8.53. The molecule has 0 saturated carbocycles. The van der Waals surface area contributed by atoms with Gasteiger partial charge < -0.3 is 24.1 Å². The maximum atomic E-state index is 12.9. The fourth-order valence-electron chi connectivity index (χ4n) is 3.10. The Morgan fingerprint density at radius 2 is 2.00 bits per heavy atom. The van der Waals surface area contributed by atoms with Crippen molar-refractivity contribution in [2.75, 3.05) is 19.2 Å². The number of ether oxygens (including phenoxy) is 3. The molecule has 7 nitrogen and oxygen atoms in total. The van der Waals surface area contributed by atoms with E-state index < -0.39 is 5.91 Å². The summed E-state index contributed by atoms with van der Waals surface area (Å²) < 4.78 is 17.7. The van der Waals surface area contributed by atoms with Crippen molar-refractivity contribution in [2.45, 2.75) is 13.5 Å². The predicted molar refractivity (Wildman–Crippen MR) is 101 cm³/mol. The number of methoxy groups -OCH3 is 1. The van der Waals surface area contributed by atoms with Crippen molar-refractivity contribution in [3.8, 4) is 17.2 Å². The third kappa shape index (κ3) is 2.97. The number of carbonyl (C=O) groups excluding carboxylic acids is 1. The van der Waals surface area contributed by atoms with Gasteiger partial charge in [0.15, 0.2) is 11.5 Å². The average Bonchev–Trinajstić information content (AvgIpc) is 3.16. The standard InChI is InChI=1S/C20H18N2O5/c1-3-22-10-15(19(23)14-9-13(25-2)5-6-16(14)22)20(24)21-12-4-7-17-18(8-12)27-11-26-17/h4-10H,3,11H2,1-2H3,(H,21,24). The minimum atomic E-state index is -0.481. The van der Waals surface area contributed by atoms with Gasteiger partial charge in [0.2, 0.25) is 12.2 Å². The van der Waals surface area contributed by atoms with E-state index in [0.29, 0.717) is 34.9 Å². The monoisotopic (exact) mass is 366 g/mol. The number of anilines is 1. The van der Waals surface area contributed by atoms with Crippen LogP contribution in [0.15, 0.2) is 47.4 Å². The van der Waals surface area contributed by atoms with Gasteiger partial charge >= 0.3 is 0 Å². The summed E-state index contributed by atoms with van der Waals surface area (Å²) in [6.07, 6.45) is 1.58. The van der Waals surface area contributed by atoms with E-state index in [0.717, 1.165) is 5.52 Å². The Labute approximate surface area is 155 Å². The first kappa shape index (κ1) is 17.0. The molecule has 0 radical (unpaired) electrons. The maximum Gasteiger partial charge on any atom is 0.261 e. The van der Waals surface area contributed by atoms with E-state index in [1.54, 1.807) is 36.5 Å². The van der Waals surface area contributed by atoms with Crippen molar-refractivity contribution in [3.63, 3.8) is 0 Å². The summed E-state index contributed by atoms with van der Waals surface area (Å²) in [6, 6.07) is 10.4. The molecular weight excluding hydrogens is 348 g/mol. The molecule has 0 saturated heterocycles. The number of aryl methyl sites for hydroxylation is 1. The molecule has 0 aliphatic carbocycles. The third-order valence-corrected chi connectivity index (χ3v) is 4.50. The number of pyridine rings is 1. The molecule has 2 aromatic carbocycles. The zero-order valence-electron chi connectivity index (χ0n) is 14.9. The summed E-state index contributed by atoms with van der Waals surface area (Å²) in [5, 5.41) is 3.19. The van der Waals surface area contributed by atoms with E-state index in [1.807, 2.05) is 17.6 Å². The molecule has 0 unspecified atom stereocenters. The van der Waals surface area contributed by atoms with Gasteiger partial charge in [-0.05, 0) is 37.3 Å². The van der Waals surface area contributed by atoms with Gasteiger partial charge in [-0.3, -0.25) is 9.59 Å². The van der Waals surface area contributed by atoms with Gasteiger partial charge in [-0.25, -0.2) is 0 Å². The lowest BCUT2D eigenvalue weighted by atomic mass is 10.1. The molecule has 0 fully saturated rings. The van der Waals surface area contributed by atoms with Crippen LogP contribution >= 0.6 is 0 Å². The van der Waals surface area contributed by atoms with E-state index in [-0.39, 0.29) is 17.8 Å². The number of fused-ring (bicyclic) bond motifs is 2. The second-order valence-electron chi connectivity index (χ2n) is 6.06. The third-order valence-electron chi connectivity index (χ3n) is 4.50. The number of nitrogens with one attached hydrogen (secondary N) is 1. The molecule has 1 N–H and O–H groups in total. The molecule has 138 valence electrons. The summed E-state index contributed by atoms with van der Waals surface area (Å²) in [4.78, 5) is 25.7. The highest BCUT2D eigenvalue weighted by molar-refractivity contribution is 6.06. The number of rotatable bonds is 4. The van der Waals surface area contributed by atoms with E-state index in [1.165, 1.54) is 7.11 Å². The van der Waals surface area contributed by atoms with Gasteiger partial charge in [0.1, 0.15) is 11.3 Å². The minimum Gasteiger partial charge on any atom is -0.497 e. The lowest BCUT2D eigenvalue weighted by Crippen LogP contribution is -2.23. The van der Waals surface area contributed by atoms with Crippen LogP contribution in [0.1, 0.15) is 17.3 Å². The van der Waals surface area contributed by atoms with Crippen LogP contribution in [0.2, 0.25) is 0 Å². The number of hydrogen-bond donors (Lipinski definition) is 1. The van der Waals surface area contributed by atoms with Crippen molar-refractivity contribution in [1.82, 2.24) is 4.57 Å². The SMILES string of the molecule is CCn1cc(C(=O)Nc2ccc3c(c2)OCO3)c(=O)c2cc(OC)ccc21. The highest BCUT2D eigenvalue weighted by Gasteiger charge is 2.18. The highest BCUT2D eigenvalue weighted by Crippen LogP contribution is 2.34. The van der Waals surface area contributed by atoms with Crippen molar-refractivity contribution < 1.29 is 19.0 Å². The van der Waals surface area contributed by atoms with Crippen LogP contribution in [-0.4, -0.2) is 24.4 Å². The molecule has 3 aromatic rings. The maximum absolute atomic E-state index is 12.9.